The SMILES string of the molecule is CN1CCN(c2ccccc2CN2CCc3ccc(-c4ccccc4)cc3C2=O)CC1. The average molecular weight is 412 g/mol. The van der Waals surface area contributed by atoms with Crippen molar-refractivity contribution in [1.82, 2.24) is 9.80 Å². The van der Waals surface area contributed by atoms with E-state index in [1.807, 2.05) is 23.1 Å². The predicted octanol–water partition coefficient (Wildman–Crippen LogP) is 4.30. The summed E-state index contributed by atoms with van der Waals surface area (Å²) in [5.41, 5.74) is 6.77. The lowest BCUT2D eigenvalue weighted by atomic mass is 9.94. The molecule has 2 aliphatic heterocycles. The average Bonchev–Trinajstić information content (AvgIpc) is 2.82. The number of benzene rings is 3. The van der Waals surface area contributed by atoms with Crippen LogP contribution in [0.4, 0.5) is 5.69 Å². The van der Waals surface area contributed by atoms with Gasteiger partial charge in [0, 0.05) is 50.5 Å². The first-order valence-corrected chi connectivity index (χ1v) is 11.2. The number of likely N-dealkylation sites (N-methyl/N-ethyl adjacent to an activating group) is 1. The summed E-state index contributed by atoms with van der Waals surface area (Å²) in [4.78, 5) is 20.3. The summed E-state index contributed by atoms with van der Waals surface area (Å²) in [5, 5.41) is 0. The van der Waals surface area contributed by atoms with Crippen molar-refractivity contribution in [2.45, 2.75) is 13.0 Å². The molecule has 2 heterocycles. The van der Waals surface area contributed by atoms with Crippen LogP contribution in [-0.2, 0) is 13.0 Å². The molecule has 0 aromatic heterocycles. The zero-order valence-corrected chi connectivity index (χ0v) is 18.1. The highest BCUT2D eigenvalue weighted by Crippen LogP contribution is 2.29. The van der Waals surface area contributed by atoms with Crippen LogP contribution in [0.25, 0.3) is 11.1 Å². The first-order chi connectivity index (χ1) is 15.2. The van der Waals surface area contributed by atoms with Gasteiger partial charge in [-0.25, -0.2) is 0 Å². The van der Waals surface area contributed by atoms with Crippen molar-refractivity contribution < 1.29 is 4.79 Å². The molecule has 3 aromatic rings. The fourth-order valence-corrected chi connectivity index (χ4v) is 4.69. The Morgan fingerprint density at radius 3 is 2.32 bits per heavy atom. The molecule has 4 nitrogen and oxygen atoms in total. The molecule has 0 unspecified atom stereocenters. The van der Waals surface area contributed by atoms with E-state index in [9.17, 15) is 4.79 Å². The van der Waals surface area contributed by atoms with Crippen LogP contribution < -0.4 is 4.90 Å². The van der Waals surface area contributed by atoms with Crippen molar-refractivity contribution in [2.24, 2.45) is 0 Å². The molecule has 0 atom stereocenters. The summed E-state index contributed by atoms with van der Waals surface area (Å²) in [6.45, 7) is 5.65. The van der Waals surface area contributed by atoms with Gasteiger partial charge < -0.3 is 14.7 Å². The number of piperazine rings is 1. The minimum absolute atomic E-state index is 0.146. The zero-order valence-electron chi connectivity index (χ0n) is 18.1. The quantitative estimate of drug-likeness (QED) is 0.640. The van der Waals surface area contributed by atoms with Crippen molar-refractivity contribution in [1.29, 1.82) is 0 Å². The first-order valence-electron chi connectivity index (χ1n) is 11.2. The number of para-hydroxylation sites is 1. The topological polar surface area (TPSA) is 26.8 Å². The van der Waals surface area contributed by atoms with Gasteiger partial charge in [0.05, 0.1) is 0 Å². The maximum atomic E-state index is 13.4. The molecule has 0 saturated carbocycles. The fourth-order valence-electron chi connectivity index (χ4n) is 4.69. The molecule has 2 aliphatic rings. The monoisotopic (exact) mass is 411 g/mol. The maximum absolute atomic E-state index is 13.4. The Hall–Kier alpha value is -3.11. The Labute approximate surface area is 184 Å². The summed E-state index contributed by atoms with van der Waals surface area (Å²) in [6, 6.07) is 25.2. The number of anilines is 1. The largest absolute Gasteiger partial charge is 0.369 e. The summed E-state index contributed by atoms with van der Waals surface area (Å²) < 4.78 is 0. The third-order valence-electron chi connectivity index (χ3n) is 6.58. The number of carbonyl (C=O) groups is 1. The van der Waals surface area contributed by atoms with Gasteiger partial charge in [-0.05, 0) is 47.9 Å². The molecule has 31 heavy (non-hydrogen) atoms. The highest BCUT2D eigenvalue weighted by Gasteiger charge is 2.26. The minimum atomic E-state index is 0.146. The lowest BCUT2D eigenvalue weighted by molar-refractivity contribution is 0.0727. The molecule has 5 rings (SSSR count). The fraction of sp³-hybridized carbons (Fsp3) is 0.296. The summed E-state index contributed by atoms with van der Waals surface area (Å²) >= 11 is 0. The van der Waals surface area contributed by atoms with E-state index in [-0.39, 0.29) is 5.91 Å². The number of rotatable bonds is 4. The van der Waals surface area contributed by atoms with Crippen LogP contribution in [-0.4, -0.2) is 55.5 Å². The first kappa shape index (κ1) is 19.8. The van der Waals surface area contributed by atoms with Gasteiger partial charge >= 0.3 is 0 Å². The van der Waals surface area contributed by atoms with E-state index in [4.69, 9.17) is 0 Å². The van der Waals surface area contributed by atoms with Gasteiger partial charge in [-0.15, -0.1) is 0 Å². The summed E-state index contributed by atoms with van der Waals surface area (Å²) in [5.74, 6) is 0.146. The van der Waals surface area contributed by atoms with Gasteiger partial charge in [0.2, 0.25) is 0 Å². The number of hydrogen-bond donors (Lipinski definition) is 0. The van der Waals surface area contributed by atoms with Crippen LogP contribution in [0.5, 0.6) is 0 Å². The smallest absolute Gasteiger partial charge is 0.254 e. The van der Waals surface area contributed by atoms with E-state index in [1.165, 1.54) is 11.3 Å². The second kappa shape index (κ2) is 8.56. The van der Waals surface area contributed by atoms with Crippen LogP contribution in [0.3, 0.4) is 0 Å². The van der Waals surface area contributed by atoms with Gasteiger partial charge in [0.15, 0.2) is 0 Å². The Morgan fingerprint density at radius 1 is 0.774 bits per heavy atom. The molecule has 0 N–H and O–H groups in total. The number of carbonyl (C=O) groups excluding carboxylic acids is 1. The van der Waals surface area contributed by atoms with Gasteiger partial charge in [-0.3, -0.25) is 4.79 Å². The molecule has 158 valence electrons. The van der Waals surface area contributed by atoms with E-state index >= 15 is 0 Å². The molecule has 1 amide bonds. The van der Waals surface area contributed by atoms with Gasteiger partial charge in [-0.2, -0.15) is 0 Å². The van der Waals surface area contributed by atoms with Crippen molar-refractivity contribution in [3.63, 3.8) is 0 Å². The van der Waals surface area contributed by atoms with Crippen LogP contribution in [0, 0.1) is 0 Å². The molecule has 3 aromatic carbocycles. The van der Waals surface area contributed by atoms with Gasteiger partial charge in [0.1, 0.15) is 0 Å². The third kappa shape index (κ3) is 4.08. The number of hydrogen-bond acceptors (Lipinski definition) is 3. The molecule has 0 bridgehead atoms. The van der Waals surface area contributed by atoms with E-state index in [2.05, 4.69) is 71.4 Å². The van der Waals surface area contributed by atoms with Crippen molar-refractivity contribution in [3.05, 3.63) is 89.5 Å². The molecule has 1 saturated heterocycles. The van der Waals surface area contributed by atoms with E-state index in [0.717, 1.165) is 61.4 Å². The standard InChI is InChI=1S/C27H29N3O/c1-28-15-17-29(18-16-28)26-10-6-5-9-24(26)20-30-14-13-22-11-12-23(19-25(22)27(30)31)21-7-3-2-4-8-21/h2-12,19H,13-18,20H2,1H3. The second-order valence-corrected chi connectivity index (χ2v) is 8.63. The number of fused-ring (bicyclic) bond motifs is 1. The maximum Gasteiger partial charge on any atom is 0.254 e. The molecule has 0 aliphatic carbocycles. The van der Waals surface area contributed by atoms with Gasteiger partial charge in [0.25, 0.3) is 5.91 Å². The van der Waals surface area contributed by atoms with Crippen molar-refractivity contribution in [3.8, 4) is 11.1 Å². The second-order valence-electron chi connectivity index (χ2n) is 8.63. The van der Waals surface area contributed by atoms with Gasteiger partial charge in [-0.1, -0.05) is 60.7 Å². The molecular formula is C27H29N3O. The Kier molecular flexibility index (Phi) is 5.47. The Bertz CT molecular complexity index is 1070. The van der Waals surface area contributed by atoms with Crippen molar-refractivity contribution in [2.75, 3.05) is 44.7 Å². The summed E-state index contributed by atoms with van der Waals surface area (Å²) in [6.07, 6.45) is 0.910. The van der Waals surface area contributed by atoms with E-state index < -0.39 is 0 Å². The minimum Gasteiger partial charge on any atom is -0.369 e. The lowest BCUT2D eigenvalue weighted by Gasteiger charge is -2.36. The number of amides is 1. The molecule has 0 radical (unpaired) electrons. The number of nitrogens with zero attached hydrogens (tertiary/aromatic N) is 3. The van der Waals surface area contributed by atoms with Crippen molar-refractivity contribution >= 4 is 11.6 Å². The highest BCUT2D eigenvalue weighted by atomic mass is 16.2. The van der Waals surface area contributed by atoms with E-state index in [1.54, 1.807) is 0 Å². The zero-order chi connectivity index (χ0) is 21.2. The Balaban J connectivity index is 1.39. The van der Waals surface area contributed by atoms with Crippen LogP contribution >= 0.6 is 0 Å². The molecule has 4 heteroatoms. The lowest BCUT2D eigenvalue weighted by Crippen LogP contribution is -2.45. The molecular weight excluding hydrogens is 382 g/mol. The van der Waals surface area contributed by atoms with Crippen LogP contribution in [0.15, 0.2) is 72.8 Å². The summed E-state index contributed by atoms with van der Waals surface area (Å²) in [7, 11) is 2.18. The Morgan fingerprint density at radius 2 is 1.52 bits per heavy atom. The van der Waals surface area contributed by atoms with Crippen LogP contribution in [0.1, 0.15) is 21.5 Å². The van der Waals surface area contributed by atoms with Crippen LogP contribution in [0.2, 0.25) is 0 Å². The highest BCUT2D eigenvalue weighted by molar-refractivity contribution is 5.98. The van der Waals surface area contributed by atoms with E-state index in [0.29, 0.717) is 6.54 Å². The molecule has 0 spiro atoms. The normalized spacial score (nSPS) is 17.0. The predicted molar refractivity (Wildman–Crippen MR) is 126 cm³/mol. The molecule has 1 fully saturated rings. The third-order valence-corrected chi connectivity index (χ3v) is 6.58.